The van der Waals surface area contributed by atoms with Gasteiger partial charge in [-0.1, -0.05) is 36.4 Å². The van der Waals surface area contributed by atoms with E-state index in [1.54, 1.807) is 0 Å². The molecule has 2 aliphatic heterocycles. The van der Waals surface area contributed by atoms with E-state index in [9.17, 15) is 9.59 Å². The van der Waals surface area contributed by atoms with Crippen molar-refractivity contribution in [2.75, 3.05) is 14.2 Å². The third kappa shape index (κ3) is 2.27. The molecule has 0 aromatic heterocycles. The zero-order valence-electron chi connectivity index (χ0n) is 15.5. The molecular weight excluding hydrogens is 360 g/mol. The van der Waals surface area contributed by atoms with Crippen molar-refractivity contribution >= 4 is 33.5 Å². The van der Waals surface area contributed by atoms with Crippen LogP contribution in [0.4, 0.5) is 0 Å². The van der Waals surface area contributed by atoms with Gasteiger partial charge in [0.25, 0.3) is 0 Å². The first-order valence-corrected chi connectivity index (χ1v) is 9.10. The Morgan fingerprint density at radius 3 is 1.61 bits per heavy atom. The molecule has 2 heterocycles. The van der Waals surface area contributed by atoms with E-state index in [1.807, 2.05) is 36.4 Å². The summed E-state index contributed by atoms with van der Waals surface area (Å²) in [6, 6.07) is 11.7. The zero-order chi connectivity index (χ0) is 19.4. The summed E-state index contributed by atoms with van der Waals surface area (Å²) in [4.78, 5) is 24.3. The van der Waals surface area contributed by atoms with Crippen LogP contribution in [0.5, 0.6) is 11.5 Å². The van der Waals surface area contributed by atoms with Gasteiger partial charge in [0.1, 0.15) is 11.5 Å². The van der Waals surface area contributed by atoms with Crippen LogP contribution in [-0.2, 0) is 31.9 Å². The average molecular weight is 378 g/mol. The smallest absolute Gasteiger partial charge is 0.347 e. The fraction of sp³-hybridized carbons (Fsp3) is 0.273. The maximum Gasteiger partial charge on any atom is 0.347 e. The Kier molecular flexibility index (Phi) is 3.69. The SMILES string of the molecule is COC(=O)[C@@H]1Cc2cccc3c4c5c(cccc5c(c23)O1)C[C@H](C(=O)OC)O4. The van der Waals surface area contributed by atoms with Crippen molar-refractivity contribution in [2.45, 2.75) is 25.0 Å². The monoisotopic (exact) mass is 378 g/mol. The second-order valence-corrected chi connectivity index (χ2v) is 7.01. The number of methoxy groups -OCH3 is 2. The van der Waals surface area contributed by atoms with E-state index in [0.29, 0.717) is 24.3 Å². The van der Waals surface area contributed by atoms with Crippen molar-refractivity contribution in [1.29, 1.82) is 0 Å². The Labute approximate surface area is 160 Å². The zero-order valence-corrected chi connectivity index (χ0v) is 15.5. The molecule has 0 spiro atoms. The van der Waals surface area contributed by atoms with Crippen molar-refractivity contribution in [3.8, 4) is 11.5 Å². The van der Waals surface area contributed by atoms with Crippen LogP contribution in [0.1, 0.15) is 11.1 Å². The average Bonchev–Trinajstić information content (AvgIpc) is 2.75. The molecule has 0 radical (unpaired) electrons. The normalized spacial score (nSPS) is 19.6. The molecule has 0 bridgehead atoms. The van der Waals surface area contributed by atoms with Gasteiger partial charge in [0, 0.05) is 34.4 Å². The molecule has 6 nitrogen and oxygen atoms in total. The number of ether oxygens (including phenoxy) is 4. The molecule has 0 saturated carbocycles. The van der Waals surface area contributed by atoms with E-state index in [1.165, 1.54) is 14.2 Å². The fourth-order valence-corrected chi connectivity index (χ4v) is 4.26. The van der Waals surface area contributed by atoms with Crippen molar-refractivity contribution in [1.82, 2.24) is 0 Å². The molecule has 142 valence electrons. The maximum atomic E-state index is 12.2. The van der Waals surface area contributed by atoms with Gasteiger partial charge in [-0.3, -0.25) is 0 Å². The molecule has 3 aromatic rings. The van der Waals surface area contributed by atoms with Gasteiger partial charge < -0.3 is 18.9 Å². The molecule has 28 heavy (non-hydrogen) atoms. The van der Waals surface area contributed by atoms with Gasteiger partial charge in [-0.2, -0.15) is 0 Å². The summed E-state index contributed by atoms with van der Waals surface area (Å²) in [5.74, 6) is 0.524. The van der Waals surface area contributed by atoms with Gasteiger partial charge in [-0.05, 0) is 11.1 Å². The van der Waals surface area contributed by atoms with Crippen LogP contribution in [-0.4, -0.2) is 38.4 Å². The van der Waals surface area contributed by atoms with Crippen LogP contribution in [0.3, 0.4) is 0 Å². The summed E-state index contributed by atoms with van der Waals surface area (Å²) >= 11 is 0. The Balaban J connectivity index is 1.81. The predicted molar refractivity (Wildman–Crippen MR) is 102 cm³/mol. The molecule has 2 aliphatic rings. The lowest BCUT2D eigenvalue weighted by molar-refractivity contribution is -0.149. The van der Waals surface area contributed by atoms with Crippen LogP contribution >= 0.6 is 0 Å². The third-order valence-corrected chi connectivity index (χ3v) is 5.50. The standard InChI is InChI=1S/C22H18O6/c1-25-21(23)15-9-11-5-3-8-14-17(11)19(27-15)13-7-4-6-12-10-16(22(24)26-2)28-20(14)18(12)13/h3-8,15-16H,9-10H2,1-2H3/t15-,16+. The highest BCUT2D eigenvalue weighted by molar-refractivity contribution is 6.14. The molecule has 0 amide bonds. The van der Waals surface area contributed by atoms with Gasteiger partial charge in [0.2, 0.25) is 0 Å². The summed E-state index contributed by atoms with van der Waals surface area (Å²) < 4.78 is 22.1. The van der Waals surface area contributed by atoms with E-state index in [4.69, 9.17) is 18.9 Å². The predicted octanol–water partition coefficient (Wildman–Crippen LogP) is 2.95. The Bertz CT molecular complexity index is 1060. The Morgan fingerprint density at radius 2 is 1.21 bits per heavy atom. The van der Waals surface area contributed by atoms with E-state index >= 15 is 0 Å². The van der Waals surface area contributed by atoms with Gasteiger partial charge in [0.05, 0.1) is 14.2 Å². The summed E-state index contributed by atoms with van der Waals surface area (Å²) in [6.45, 7) is 0. The number of rotatable bonds is 2. The minimum Gasteiger partial charge on any atom is -0.477 e. The Morgan fingerprint density at radius 1 is 0.786 bits per heavy atom. The van der Waals surface area contributed by atoms with Gasteiger partial charge in [-0.25, -0.2) is 9.59 Å². The number of hydrogen-bond donors (Lipinski definition) is 0. The van der Waals surface area contributed by atoms with Crippen LogP contribution in [0, 0.1) is 0 Å². The van der Waals surface area contributed by atoms with Gasteiger partial charge >= 0.3 is 11.9 Å². The second-order valence-electron chi connectivity index (χ2n) is 7.01. The molecular formula is C22H18O6. The first-order chi connectivity index (χ1) is 13.6. The quantitative estimate of drug-likeness (QED) is 0.504. The highest BCUT2D eigenvalue weighted by atomic mass is 16.6. The number of carbonyl (C=O) groups is 2. The van der Waals surface area contributed by atoms with Crippen LogP contribution in [0.2, 0.25) is 0 Å². The van der Waals surface area contributed by atoms with E-state index in [-0.39, 0.29) is 0 Å². The summed E-state index contributed by atoms with van der Waals surface area (Å²) in [5, 5.41) is 3.55. The molecule has 2 atom stereocenters. The highest BCUT2D eigenvalue weighted by Gasteiger charge is 2.35. The third-order valence-electron chi connectivity index (χ3n) is 5.50. The first-order valence-electron chi connectivity index (χ1n) is 9.10. The summed E-state index contributed by atoms with van der Waals surface area (Å²) in [6.07, 6.45) is -0.538. The van der Waals surface area contributed by atoms with E-state index in [0.717, 1.165) is 32.7 Å². The number of fused-ring (bicyclic) bond motifs is 2. The number of esters is 2. The molecule has 0 unspecified atom stereocenters. The lowest BCUT2D eigenvalue weighted by Crippen LogP contribution is -2.35. The van der Waals surface area contributed by atoms with Gasteiger partial charge in [0.15, 0.2) is 12.2 Å². The summed E-state index contributed by atoms with van der Waals surface area (Å²) in [5.41, 5.74) is 1.97. The Hall–Kier alpha value is -3.28. The lowest BCUT2D eigenvalue weighted by Gasteiger charge is -2.31. The highest BCUT2D eigenvalue weighted by Crippen LogP contribution is 2.49. The fourth-order valence-electron chi connectivity index (χ4n) is 4.26. The molecule has 3 aromatic carbocycles. The summed E-state index contributed by atoms with van der Waals surface area (Å²) in [7, 11) is 2.72. The minimum absolute atomic E-state index is 0.398. The maximum absolute atomic E-state index is 12.2. The number of hydrogen-bond acceptors (Lipinski definition) is 6. The van der Waals surface area contributed by atoms with Crippen LogP contribution in [0.25, 0.3) is 21.5 Å². The molecule has 0 aliphatic carbocycles. The van der Waals surface area contributed by atoms with Crippen molar-refractivity contribution in [3.63, 3.8) is 0 Å². The lowest BCUT2D eigenvalue weighted by atomic mass is 9.88. The number of benzene rings is 3. The van der Waals surface area contributed by atoms with Crippen molar-refractivity contribution < 1.29 is 28.5 Å². The first kappa shape index (κ1) is 16.9. The van der Waals surface area contributed by atoms with Crippen molar-refractivity contribution in [2.24, 2.45) is 0 Å². The number of carbonyl (C=O) groups excluding carboxylic acids is 2. The van der Waals surface area contributed by atoms with Crippen molar-refractivity contribution in [3.05, 3.63) is 47.5 Å². The second kappa shape index (κ2) is 6.12. The topological polar surface area (TPSA) is 71.1 Å². The van der Waals surface area contributed by atoms with Crippen LogP contribution in [0.15, 0.2) is 36.4 Å². The molecule has 5 rings (SSSR count). The largest absolute Gasteiger partial charge is 0.477 e. The van der Waals surface area contributed by atoms with Gasteiger partial charge in [-0.15, -0.1) is 0 Å². The molecule has 0 fully saturated rings. The van der Waals surface area contributed by atoms with Crippen LogP contribution < -0.4 is 9.47 Å². The molecule has 6 heteroatoms. The molecule has 0 N–H and O–H groups in total. The van der Waals surface area contributed by atoms with E-state index < -0.39 is 24.1 Å². The molecule has 0 saturated heterocycles. The van der Waals surface area contributed by atoms with E-state index in [2.05, 4.69) is 0 Å². The minimum atomic E-state index is -0.688.